The van der Waals surface area contributed by atoms with Crippen LogP contribution in [0.4, 0.5) is 5.69 Å². The third kappa shape index (κ3) is 3.34. The standard InChI is InChI=1S/C16H23NO/c1-3-13-4-8-15(9-5-13)17-16-10-6-14(7-11-16)12(2)18/h6-7,10-11,13,15,17H,3-5,8-9H2,1-2H3. The fourth-order valence-electron chi connectivity index (χ4n) is 2.75. The minimum atomic E-state index is 0.130. The number of carbonyl (C=O) groups excluding carboxylic acids is 1. The first-order valence-corrected chi connectivity index (χ1v) is 7.06. The second-order valence-electron chi connectivity index (χ2n) is 5.40. The molecule has 2 nitrogen and oxygen atoms in total. The summed E-state index contributed by atoms with van der Waals surface area (Å²) in [6.45, 7) is 3.90. The van der Waals surface area contributed by atoms with E-state index in [0.29, 0.717) is 6.04 Å². The number of benzene rings is 1. The lowest BCUT2D eigenvalue weighted by atomic mass is 9.84. The predicted octanol–water partition coefficient (Wildman–Crippen LogP) is 4.27. The average Bonchev–Trinajstić information content (AvgIpc) is 2.40. The fraction of sp³-hybridized carbons (Fsp3) is 0.562. The molecule has 0 bridgehead atoms. The molecule has 2 heteroatoms. The highest BCUT2D eigenvalue weighted by Crippen LogP contribution is 2.28. The summed E-state index contributed by atoms with van der Waals surface area (Å²) in [5.74, 6) is 1.06. The Morgan fingerprint density at radius 1 is 1.17 bits per heavy atom. The number of nitrogens with one attached hydrogen (secondary N) is 1. The highest BCUT2D eigenvalue weighted by atomic mass is 16.1. The van der Waals surface area contributed by atoms with Crippen LogP contribution in [0, 0.1) is 5.92 Å². The number of anilines is 1. The van der Waals surface area contributed by atoms with Gasteiger partial charge in [0.15, 0.2) is 5.78 Å². The molecule has 0 atom stereocenters. The first kappa shape index (κ1) is 13.1. The number of carbonyl (C=O) groups is 1. The first-order chi connectivity index (χ1) is 8.69. The smallest absolute Gasteiger partial charge is 0.159 e. The molecular weight excluding hydrogens is 222 g/mol. The van der Waals surface area contributed by atoms with Crippen molar-refractivity contribution in [3.05, 3.63) is 29.8 Å². The van der Waals surface area contributed by atoms with Gasteiger partial charge in [-0.2, -0.15) is 0 Å². The summed E-state index contributed by atoms with van der Waals surface area (Å²) in [7, 11) is 0. The summed E-state index contributed by atoms with van der Waals surface area (Å²) in [6, 6.07) is 8.45. The average molecular weight is 245 g/mol. The van der Waals surface area contributed by atoms with Crippen LogP contribution in [0.25, 0.3) is 0 Å². The largest absolute Gasteiger partial charge is 0.382 e. The number of rotatable bonds is 4. The van der Waals surface area contributed by atoms with Gasteiger partial charge in [-0.25, -0.2) is 0 Å². The van der Waals surface area contributed by atoms with E-state index in [1.807, 2.05) is 24.3 Å². The van der Waals surface area contributed by atoms with E-state index in [-0.39, 0.29) is 5.78 Å². The van der Waals surface area contributed by atoms with E-state index in [0.717, 1.165) is 17.2 Å². The molecule has 1 aromatic carbocycles. The van der Waals surface area contributed by atoms with E-state index in [9.17, 15) is 4.79 Å². The Bertz CT molecular complexity index is 388. The Kier molecular flexibility index (Phi) is 4.40. The zero-order valence-corrected chi connectivity index (χ0v) is 11.4. The molecule has 0 radical (unpaired) electrons. The SMILES string of the molecule is CCC1CCC(Nc2ccc(C(C)=O)cc2)CC1. The van der Waals surface area contributed by atoms with E-state index < -0.39 is 0 Å². The maximum atomic E-state index is 11.2. The van der Waals surface area contributed by atoms with Crippen molar-refractivity contribution in [2.75, 3.05) is 5.32 Å². The molecule has 1 aliphatic carbocycles. The normalized spacial score (nSPS) is 23.7. The molecule has 2 rings (SSSR count). The van der Waals surface area contributed by atoms with Gasteiger partial charge in [-0.15, -0.1) is 0 Å². The molecule has 18 heavy (non-hydrogen) atoms. The third-order valence-electron chi connectivity index (χ3n) is 4.09. The van der Waals surface area contributed by atoms with Crippen LogP contribution in [0.2, 0.25) is 0 Å². The van der Waals surface area contributed by atoms with Crippen molar-refractivity contribution < 1.29 is 4.79 Å². The van der Waals surface area contributed by atoms with Crippen LogP contribution in [0.1, 0.15) is 56.3 Å². The summed E-state index contributed by atoms with van der Waals surface area (Å²) in [5.41, 5.74) is 1.93. The van der Waals surface area contributed by atoms with Gasteiger partial charge in [0.2, 0.25) is 0 Å². The van der Waals surface area contributed by atoms with Gasteiger partial charge in [-0.3, -0.25) is 4.79 Å². The summed E-state index contributed by atoms with van der Waals surface area (Å²) >= 11 is 0. The molecule has 0 aromatic heterocycles. The van der Waals surface area contributed by atoms with Crippen molar-refractivity contribution in [2.45, 2.75) is 52.0 Å². The Morgan fingerprint density at radius 2 is 1.78 bits per heavy atom. The second-order valence-corrected chi connectivity index (χ2v) is 5.40. The number of hydrogen-bond acceptors (Lipinski definition) is 2. The summed E-state index contributed by atoms with van der Waals surface area (Å²) in [4.78, 5) is 11.2. The highest BCUT2D eigenvalue weighted by Gasteiger charge is 2.19. The van der Waals surface area contributed by atoms with Gasteiger partial charge in [0.05, 0.1) is 0 Å². The highest BCUT2D eigenvalue weighted by molar-refractivity contribution is 5.94. The number of Topliss-reactive ketones (excluding diaryl/α,β-unsaturated/α-hetero) is 1. The van der Waals surface area contributed by atoms with Crippen molar-refractivity contribution in [3.8, 4) is 0 Å². The van der Waals surface area contributed by atoms with Gasteiger partial charge >= 0.3 is 0 Å². The van der Waals surface area contributed by atoms with E-state index in [1.54, 1.807) is 6.92 Å². The Hall–Kier alpha value is -1.31. The van der Waals surface area contributed by atoms with Crippen LogP contribution in [0.5, 0.6) is 0 Å². The van der Waals surface area contributed by atoms with E-state index in [1.165, 1.54) is 32.1 Å². The zero-order chi connectivity index (χ0) is 13.0. The van der Waals surface area contributed by atoms with E-state index in [2.05, 4.69) is 12.2 Å². The molecule has 1 aromatic rings. The van der Waals surface area contributed by atoms with Gasteiger partial charge in [-0.05, 0) is 62.8 Å². The maximum Gasteiger partial charge on any atom is 0.159 e. The minimum Gasteiger partial charge on any atom is -0.382 e. The van der Waals surface area contributed by atoms with Gasteiger partial charge < -0.3 is 5.32 Å². The molecule has 0 unspecified atom stereocenters. The first-order valence-electron chi connectivity index (χ1n) is 7.06. The van der Waals surface area contributed by atoms with Crippen LogP contribution in [-0.4, -0.2) is 11.8 Å². The van der Waals surface area contributed by atoms with Crippen molar-refractivity contribution in [2.24, 2.45) is 5.92 Å². The predicted molar refractivity (Wildman–Crippen MR) is 76.1 cm³/mol. The second kappa shape index (κ2) is 6.03. The van der Waals surface area contributed by atoms with Crippen LogP contribution < -0.4 is 5.32 Å². The lowest BCUT2D eigenvalue weighted by Gasteiger charge is -2.29. The van der Waals surface area contributed by atoms with Crippen LogP contribution in [0.15, 0.2) is 24.3 Å². The lowest BCUT2D eigenvalue weighted by Crippen LogP contribution is -2.25. The van der Waals surface area contributed by atoms with Crippen molar-refractivity contribution in [1.29, 1.82) is 0 Å². The molecule has 1 fully saturated rings. The molecule has 0 spiro atoms. The molecule has 0 amide bonds. The topological polar surface area (TPSA) is 29.1 Å². The Labute approximate surface area is 110 Å². The lowest BCUT2D eigenvalue weighted by molar-refractivity contribution is 0.101. The van der Waals surface area contributed by atoms with Crippen molar-refractivity contribution >= 4 is 11.5 Å². The molecular formula is C16H23NO. The molecule has 0 heterocycles. The molecule has 0 aliphatic heterocycles. The molecule has 1 aliphatic rings. The molecule has 1 saturated carbocycles. The van der Waals surface area contributed by atoms with Crippen LogP contribution in [-0.2, 0) is 0 Å². The van der Waals surface area contributed by atoms with Crippen LogP contribution in [0.3, 0.4) is 0 Å². The van der Waals surface area contributed by atoms with Crippen molar-refractivity contribution in [3.63, 3.8) is 0 Å². The minimum absolute atomic E-state index is 0.130. The molecule has 0 saturated heterocycles. The third-order valence-corrected chi connectivity index (χ3v) is 4.09. The van der Waals surface area contributed by atoms with Gasteiger partial charge in [0.1, 0.15) is 0 Å². The summed E-state index contributed by atoms with van der Waals surface area (Å²) < 4.78 is 0. The Morgan fingerprint density at radius 3 is 2.28 bits per heavy atom. The summed E-state index contributed by atoms with van der Waals surface area (Å²) in [6.07, 6.45) is 6.55. The number of ketones is 1. The maximum absolute atomic E-state index is 11.2. The monoisotopic (exact) mass is 245 g/mol. The molecule has 98 valence electrons. The van der Waals surface area contributed by atoms with Gasteiger partial charge in [-0.1, -0.05) is 13.3 Å². The number of hydrogen-bond donors (Lipinski definition) is 1. The van der Waals surface area contributed by atoms with E-state index >= 15 is 0 Å². The van der Waals surface area contributed by atoms with E-state index in [4.69, 9.17) is 0 Å². The molecule has 1 N–H and O–H groups in total. The fourth-order valence-corrected chi connectivity index (χ4v) is 2.75. The quantitative estimate of drug-likeness (QED) is 0.803. The summed E-state index contributed by atoms with van der Waals surface area (Å²) in [5, 5.41) is 3.58. The van der Waals surface area contributed by atoms with Gasteiger partial charge in [0, 0.05) is 17.3 Å². The van der Waals surface area contributed by atoms with Crippen LogP contribution >= 0.6 is 0 Å². The van der Waals surface area contributed by atoms with Gasteiger partial charge in [0.25, 0.3) is 0 Å². The zero-order valence-electron chi connectivity index (χ0n) is 11.4. The Balaban J connectivity index is 1.88. The van der Waals surface area contributed by atoms with Crippen molar-refractivity contribution in [1.82, 2.24) is 0 Å².